The highest BCUT2D eigenvalue weighted by Crippen LogP contribution is 2.06. The van der Waals surface area contributed by atoms with Crippen LogP contribution in [0.2, 0.25) is 6.32 Å². The van der Waals surface area contributed by atoms with E-state index < -0.39 is 41.6 Å². The van der Waals surface area contributed by atoms with Crippen LogP contribution in [0.15, 0.2) is 0 Å². The van der Waals surface area contributed by atoms with Gasteiger partial charge < -0.3 is 26.0 Å². The first-order valence-corrected chi connectivity index (χ1v) is 8.95. The maximum absolute atomic E-state index is 12.1. The third-order valence-electron chi connectivity index (χ3n) is 3.31. The molecule has 0 aromatic heterocycles. The van der Waals surface area contributed by atoms with E-state index in [1.54, 1.807) is 20.8 Å². The molecule has 0 aromatic carbocycles. The van der Waals surface area contributed by atoms with E-state index in [0.29, 0.717) is 19.3 Å². The number of nitrogens with one attached hydrogen (secondary N) is 4. The van der Waals surface area contributed by atoms with Crippen molar-refractivity contribution >= 4 is 31.7 Å². The van der Waals surface area contributed by atoms with Crippen LogP contribution in [0.4, 0.5) is 4.79 Å². The van der Waals surface area contributed by atoms with Gasteiger partial charge in [-0.1, -0.05) is 6.32 Å². The average molecular weight is 382 g/mol. The fourth-order valence-electron chi connectivity index (χ4n) is 1.82. The predicted octanol–water partition coefficient (Wildman–Crippen LogP) is 0.00210. The number of carbonyl (C=O) groups is 4. The third-order valence-corrected chi connectivity index (χ3v) is 3.31. The zero-order valence-electron chi connectivity index (χ0n) is 17.0. The molecule has 0 rings (SSSR count). The van der Waals surface area contributed by atoms with Crippen LogP contribution in [0.3, 0.4) is 0 Å². The lowest BCUT2D eigenvalue weighted by Gasteiger charge is -2.23. The molecule has 0 fully saturated rings. The number of hydrogen-bond donors (Lipinski definition) is 4. The smallest absolute Gasteiger partial charge is 0.408 e. The highest BCUT2D eigenvalue weighted by Gasteiger charge is 2.25. The lowest BCUT2D eigenvalue weighted by molar-refractivity contribution is -0.131. The molecule has 4 amide bonds. The zero-order chi connectivity index (χ0) is 21.2. The van der Waals surface area contributed by atoms with Gasteiger partial charge in [0.25, 0.3) is 0 Å². The molecule has 152 valence electrons. The minimum atomic E-state index is -0.896. The molecule has 9 nitrogen and oxygen atoms in total. The molecule has 0 saturated carbocycles. The first kappa shape index (κ1) is 24.7. The Bertz CT molecular complexity index is 536. The number of alkyl carbamates (subject to hydrolysis) is 1. The summed E-state index contributed by atoms with van der Waals surface area (Å²) in [5.41, 5.74) is -0.686. The van der Waals surface area contributed by atoms with E-state index in [1.807, 2.05) is 0 Å². The molecule has 27 heavy (non-hydrogen) atoms. The van der Waals surface area contributed by atoms with Gasteiger partial charge in [-0.2, -0.15) is 0 Å². The van der Waals surface area contributed by atoms with Crippen molar-refractivity contribution in [3.8, 4) is 0 Å². The molecule has 0 aliphatic carbocycles. The minimum Gasteiger partial charge on any atom is -0.444 e. The zero-order valence-corrected chi connectivity index (χ0v) is 17.0. The van der Waals surface area contributed by atoms with Gasteiger partial charge >= 0.3 is 6.09 Å². The molecule has 2 radical (unpaired) electrons. The van der Waals surface area contributed by atoms with E-state index in [1.165, 1.54) is 20.8 Å². The normalized spacial score (nSPS) is 14.3. The van der Waals surface area contributed by atoms with Crippen LogP contribution in [0.1, 0.15) is 48.0 Å². The van der Waals surface area contributed by atoms with Gasteiger partial charge in [0.2, 0.25) is 17.7 Å². The van der Waals surface area contributed by atoms with Crippen molar-refractivity contribution in [2.45, 2.75) is 78.0 Å². The Morgan fingerprint density at radius 1 is 0.852 bits per heavy atom. The number of hydrogen-bond acceptors (Lipinski definition) is 5. The van der Waals surface area contributed by atoms with Crippen LogP contribution < -0.4 is 21.3 Å². The molecule has 0 aliphatic rings. The van der Waals surface area contributed by atoms with E-state index in [2.05, 4.69) is 21.3 Å². The standard InChI is InChI=1S/C17H31BN4O5/c1-10(13(23)19-9-7-8-18)20-14(24)11(2)21-15(25)12(3)22-16(26)27-17(4,5)6/h10-12H,7-9H2,1-6H3,(H,19,23)(H,20,24)(H,21,25)(H,22,26)/t10-,11-,12-/m0/s1. The van der Waals surface area contributed by atoms with Crippen molar-refractivity contribution in [1.29, 1.82) is 0 Å². The Balaban J connectivity index is 4.42. The second-order valence-corrected chi connectivity index (χ2v) is 7.26. The maximum atomic E-state index is 12.1. The molecule has 0 spiro atoms. The van der Waals surface area contributed by atoms with Crippen LogP contribution >= 0.6 is 0 Å². The molecule has 0 aromatic rings. The SMILES string of the molecule is [B]CCCNC(=O)[C@H](C)NC(=O)[C@H](C)NC(=O)[C@H](C)NC(=O)OC(C)(C)C. The Kier molecular flexibility index (Phi) is 10.5. The predicted molar refractivity (Wildman–Crippen MR) is 102 cm³/mol. The first-order chi connectivity index (χ1) is 12.4. The largest absolute Gasteiger partial charge is 0.444 e. The molecule has 0 bridgehead atoms. The summed E-state index contributed by atoms with van der Waals surface area (Å²) in [7, 11) is 5.35. The van der Waals surface area contributed by atoms with Gasteiger partial charge in [0.05, 0.1) is 7.85 Å². The van der Waals surface area contributed by atoms with Crippen molar-refractivity contribution in [2.75, 3.05) is 6.54 Å². The molecule has 0 unspecified atom stereocenters. The van der Waals surface area contributed by atoms with Gasteiger partial charge in [0, 0.05) is 6.54 Å². The van der Waals surface area contributed by atoms with Crippen molar-refractivity contribution < 1.29 is 23.9 Å². The average Bonchev–Trinajstić information content (AvgIpc) is 2.52. The van der Waals surface area contributed by atoms with Gasteiger partial charge in [-0.25, -0.2) is 4.79 Å². The lowest BCUT2D eigenvalue weighted by atomic mass is 10.0. The van der Waals surface area contributed by atoms with E-state index in [4.69, 9.17) is 12.6 Å². The van der Waals surface area contributed by atoms with E-state index in [9.17, 15) is 19.2 Å². The Morgan fingerprint density at radius 3 is 1.74 bits per heavy atom. The quantitative estimate of drug-likeness (QED) is 0.330. The Labute approximate surface area is 162 Å². The van der Waals surface area contributed by atoms with Gasteiger partial charge in [-0.3, -0.25) is 14.4 Å². The second-order valence-electron chi connectivity index (χ2n) is 7.26. The summed E-state index contributed by atoms with van der Waals surface area (Å²) in [5.74, 6) is -1.41. The highest BCUT2D eigenvalue weighted by molar-refractivity contribution is 6.08. The molecule has 4 N–H and O–H groups in total. The van der Waals surface area contributed by atoms with Gasteiger partial charge in [0.15, 0.2) is 0 Å². The van der Waals surface area contributed by atoms with Crippen molar-refractivity contribution in [1.82, 2.24) is 21.3 Å². The first-order valence-electron chi connectivity index (χ1n) is 8.95. The van der Waals surface area contributed by atoms with Crippen LogP contribution in [-0.2, 0) is 19.1 Å². The fourth-order valence-corrected chi connectivity index (χ4v) is 1.82. The highest BCUT2D eigenvalue weighted by atomic mass is 16.6. The fraction of sp³-hybridized carbons (Fsp3) is 0.765. The number of ether oxygens (including phenoxy) is 1. The maximum Gasteiger partial charge on any atom is 0.408 e. The van der Waals surface area contributed by atoms with Crippen LogP contribution in [-0.4, -0.2) is 61.9 Å². The summed E-state index contributed by atoms with van der Waals surface area (Å²) in [5, 5.41) is 10.0. The Morgan fingerprint density at radius 2 is 1.30 bits per heavy atom. The third kappa shape index (κ3) is 11.1. The van der Waals surface area contributed by atoms with Crippen molar-refractivity contribution in [3.05, 3.63) is 0 Å². The minimum absolute atomic E-state index is 0.338. The summed E-state index contributed by atoms with van der Waals surface area (Å²) >= 11 is 0. The summed E-state index contributed by atoms with van der Waals surface area (Å²) < 4.78 is 5.07. The van der Waals surface area contributed by atoms with Crippen LogP contribution in [0, 0.1) is 0 Å². The van der Waals surface area contributed by atoms with Crippen LogP contribution in [0.25, 0.3) is 0 Å². The number of carbonyl (C=O) groups excluding carboxylic acids is 4. The van der Waals surface area contributed by atoms with Crippen LogP contribution in [0.5, 0.6) is 0 Å². The van der Waals surface area contributed by atoms with Crippen molar-refractivity contribution in [3.63, 3.8) is 0 Å². The van der Waals surface area contributed by atoms with E-state index >= 15 is 0 Å². The second kappa shape index (κ2) is 11.5. The molecule has 0 aliphatic heterocycles. The van der Waals surface area contributed by atoms with Gasteiger partial charge in [0.1, 0.15) is 23.7 Å². The molecular formula is C17H31BN4O5. The molecule has 0 saturated heterocycles. The summed E-state index contributed by atoms with van der Waals surface area (Å²) in [4.78, 5) is 47.7. The topological polar surface area (TPSA) is 126 Å². The number of amides is 4. The molecule has 10 heteroatoms. The van der Waals surface area contributed by atoms with Crippen molar-refractivity contribution in [2.24, 2.45) is 0 Å². The lowest BCUT2D eigenvalue weighted by Crippen LogP contribution is -2.54. The van der Waals surface area contributed by atoms with E-state index in [0.717, 1.165) is 0 Å². The van der Waals surface area contributed by atoms with Gasteiger partial charge in [-0.05, 0) is 48.0 Å². The molecule has 0 heterocycles. The monoisotopic (exact) mass is 382 g/mol. The number of rotatable bonds is 9. The summed E-state index contributed by atoms with van der Waals surface area (Å²) in [6.07, 6.45) is 0.367. The summed E-state index contributed by atoms with van der Waals surface area (Å²) in [6.45, 7) is 10.0. The Hall–Kier alpha value is -2.26. The molecule has 3 atom stereocenters. The summed E-state index contributed by atoms with van der Waals surface area (Å²) in [6, 6.07) is -2.54. The van der Waals surface area contributed by atoms with E-state index in [-0.39, 0.29) is 5.91 Å². The van der Waals surface area contributed by atoms with Gasteiger partial charge in [-0.15, -0.1) is 0 Å². The molecular weight excluding hydrogens is 351 g/mol.